The predicted octanol–water partition coefficient (Wildman–Crippen LogP) is 1.78. The minimum absolute atomic E-state index is 0.0143. The van der Waals surface area contributed by atoms with Crippen LogP contribution in [0.3, 0.4) is 0 Å². The van der Waals surface area contributed by atoms with Gasteiger partial charge in [0.1, 0.15) is 0 Å². The highest BCUT2D eigenvalue weighted by atomic mass is 32.2. The van der Waals surface area contributed by atoms with Crippen LogP contribution in [0.4, 0.5) is 0 Å². The fourth-order valence-electron chi connectivity index (χ4n) is 1.96. The highest BCUT2D eigenvalue weighted by Crippen LogP contribution is 2.14. The van der Waals surface area contributed by atoms with Crippen molar-refractivity contribution in [1.29, 1.82) is 0 Å². The van der Waals surface area contributed by atoms with Gasteiger partial charge < -0.3 is 10.6 Å². The van der Waals surface area contributed by atoms with Gasteiger partial charge in [0.25, 0.3) is 0 Å². The summed E-state index contributed by atoms with van der Waals surface area (Å²) in [6, 6.07) is 8.31. The molecule has 1 aliphatic heterocycles. The van der Waals surface area contributed by atoms with Crippen molar-refractivity contribution in [2.45, 2.75) is 30.3 Å². The van der Waals surface area contributed by atoms with Crippen LogP contribution in [0.1, 0.15) is 18.4 Å². The van der Waals surface area contributed by atoms with Gasteiger partial charge in [-0.2, -0.15) is 0 Å². The van der Waals surface area contributed by atoms with Gasteiger partial charge in [-0.25, -0.2) is 0 Å². The van der Waals surface area contributed by atoms with Crippen molar-refractivity contribution < 1.29 is 4.79 Å². The Morgan fingerprint density at radius 2 is 2.24 bits per heavy atom. The molecule has 1 aliphatic rings. The number of benzene rings is 1. The largest absolute Gasteiger partial charge is 0.351 e. The number of nitrogens with one attached hydrogen (secondary N) is 2. The van der Waals surface area contributed by atoms with Gasteiger partial charge in [-0.05, 0) is 43.3 Å². The summed E-state index contributed by atoms with van der Waals surface area (Å²) in [5, 5.41) is 6.17. The smallest absolute Gasteiger partial charge is 0.237 e. The minimum atomic E-state index is 0.0143. The SMILES string of the molecule is CSc1ccc(CNC(=O)C2CCCN2)cc1. The Morgan fingerprint density at radius 3 is 2.82 bits per heavy atom. The van der Waals surface area contributed by atoms with Gasteiger partial charge in [0.2, 0.25) is 5.91 Å². The molecule has 2 rings (SSSR count). The van der Waals surface area contributed by atoms with Crippen molar-refractivity contribution in [1.82, 2.24) is 10.6 Å². The van der Waals surface area contributed by atoms with E-state index >= 15 is 0 Å². The molecule has 1 aromatic carbocycles. The van der Waals surface area contributed by atoms with Crippen LogP contribution in [-0.4, -0.2) is 24.7 Å². The fraction of sp³-hybridized carbons (Fsp3) is 0.462. The van der Waals surface area contributed by atoms with Gasteiger partial charge in [-0.3, -0.25) is 4.79 Å². The average Bonchev–Trinajstić information content (AvgIpc) is 2.90. The molecule has 1 saturated heterocycles. The zero-order chi connectivity index (χ0) is 12.1. The van der Waals surface area contributed by atoms with E-state index in [0.717, 1.165) is 24.9 Å². The molecule has 1 amide bonds. The molecule has 0 bridgehead atoms. The summed E-state index contributed by atoms with van der Waals surface area (Å²) >= 11 is 1.72. The van der Waals surface area contributed by atoms with Crippen molar-refractivity contribution >= 4 is 17.7 Å². The number of carbonyl (C=O) groups excluding carboxylic acids is 1. The molecule has 92 valence electrons. The summed E-state index contributed by atoms with van der Waals surface area (Å²) < 4.78 is 0. The van der Waals surface area contributed by atoms with E-state index in [9.17, 15) is 4.79 Å². The maximum Gasteiger partial charge on any atom is 0.237 e. The van der Waals surface area contributed by atoms with Crippen LogP contribution in [0.25, 0.3) is 0 Å². The van der Waals surface area contributed by atoms with Crippen LogP contribution >= 0.6 is 11.8 Å². The van der Waals surface area contributed by atoms with E-state index in [1.54, 1.807) is 11.8 Å². The lowest BCUT2D eigenvalue weighted by Gasteiger charge is -2.11. The van der Waals surface area contributed by atoms with E-state index in [0.29, 0.717) is 6.54 Å². The second-order valence-electron chi connectivity index (χ2n) is 4.21. The van der Waals surface area contributed by atoms with Crippen molar-refractivity contribution in [2.75, 3.05) is 12.8 Å². The van der Waals surface area contributed by atoms with E-state index < -0.39 is 0 Å². The second kappa shape index (κ2) is 6.07. The van der Waals surface area contributed by atoms with Crippen molar-refractivity contribution in [2.24, 2.45) is 0 Å². The highest BCUT2D eigenvalue weighted by molar-refractivity contribution is 7.98. The molecule has 1 fully saturated rings. The fourth-order valence-corrected chi connectivity index (χ4v) is 2.37. The third kappa shape index (κ3) is 3.48. The molecule has 0 saturated carbocycles. The molecular weight excluding hydrogens is 232 g/mol. The van der Waals surface area contributed by atoms with Gasteiger partial charge >= 0.3 is 0 Å². The van der Waals surface area contributed by atoms with Crippen LogP contribution < -0.4 is 10.6 Å². The number of amides is 1. The zero-order valence-corrected chi connectivity index (χ0v) is 10.8. The lowest BCUT2D eigenvalue weighted by atomic mass is 10.2. The molecule has 0 spiro atoms. The summed E-state index contributed by atoms with van der Waals surface area (Å²) in [7, 11) is 0. The number of carbonyl (C=O) groups is 1. The van der Waals surface area contributed by atoms with E-state index in [-0.39, 0.29) is 11.9 Å². The van der Waals surface area contributed by atoms with Crippen LogP contribution in [0, 0.1) is 0 Å². The van der Waals surface area contributed by atoms with Crippen molar-refractivity contribution in [3.8, 4) is 0 Å². The van der Waals surface area contributed by atoms with Crippen molar-refractivity contribution in [3.05, 3.63) is 29.8 Å². The lowest BCUT2D eigenvalue weighted by Crippen LogP contribution is -2.39. The predicted molar refractivity (Wildman–Crippen MR) is 71.1 cm³/mol. The van der Waals surface area contributed by atoms with Gasteiger partial charge in [0.15, 0.2) is 0 Å². The molecule has 1 atom stereocenters. The zero-order valence-electron chi connectivity index (χ0n) is 10.0. The quantitative estimate of drug-likeness (QED) is 0.800. The monoisotopic (exact) mass is 250 g/mol. The lowest BCUT2D eigenvalue weighted by molar-refractivity contribution is -0.122. The average molecular weight is 250 g/mol. The summed E-state index contributed by atoms with van der Waals surface area (Å²) in [6.45, 7) is 1.58. The highest BCUT2D eigenvalue weighted by Gasteiger charge is 2.21. The first-order chi connectivity index (χ1) is 8.29. The maximum atomic E-state index is 11.8. The summed E-state index contributed by atoms with van der Waals surface area (Å²) in [4.78, 5) is 13.0. The summed E-state index contributed by atoms with van der Waals surface area (Å²) in [5.41, 5.74) is 1.15. The Bertz CT molecular complexity index is 372. The molecule has 1 unspecified atom stereocenters. The molecule has 1 aromatic rings. The van der Waals surface area contributed by atoms with Gasteiger partial charge in [-0.15, -0.1) is 11.8 Å². The normalized spacial score (nSPS) is 19.2. The Kier molecular flexibility index (Phi) is 4.45. The van der Waals surface area contributed by atoms with Crippen molar-refractivity contribution in [3.63, 3.8) is 0 Å². The Labute approximate surface area is 106 Å². The molecule has 1 heterocycles. The standard InChI is InChI=1S/C13H18N2OS/c1-17-11-6-4-10(5-7-11)9-15-13(16)12-3-2-8-14-12/h4-7,12,14H,2-3,8-9H2,1H3,(H,15,16). The molecule has 2 N–H and O–H groups in total. The topological polar surface area (TPSA) is 41.1 Å². The molecular formula is C13H18N2OS. The Hall–Kier alpha value is -1.00. The molecule has 17 heavy (non-hydrogen) atoms. The molecule has 0 aliphatic carbocycles. The van der Waals surface area contributed by atoms with Gasteiger partial charge in [0.05, 0.1) is 6.04 Å². The van der Waals surface area contributed by atoms with E-state index in [1.165, 1.54) is 4.90 Å². The minimum Gasteiger partial charge on any atom is -0.351 e. The number of hydrogen-bond donors (Lipinski definition) is 2. The Balaban J connectivity index is 1.82. The van der Waals surface area contributed by atoms with Crippen LogP contribution in [0.2, 0.25) is 0 Å². The molecule has 3 nitrogen and oxygen atoms in total. The first-order valence-corrected chi connectivity index (χ1v) is 7.16. The van der Waals surface area contributed by atoms with E-state index in [1.807, 2.05) is 0 Å². The first kappa shape index (κ1) is 12.5. The van der Waals surface area contributed by atoms with Crippen LogP contribution in [0.5, 0.6) is 0 Å². The number of thioether (sulfide) groups is 1. The Morgan fingerprint density at radius 1 is 1.47 bits per heavy atom. The number of rotatable bonds is 4. The first-order valence-electron chi connectivity index (χ1n) is 5.93. The third-order valence-corrected chi connectivity index (χ3v) is 3.75. The van der Waals surface area contributed by atoms with E-state index in [4.69, 9.17) is 0 Å². The molecule has 0 aromatic heterocycles. The maximum absolute atomic E-state index is 11.8. The number of hydrogen-bond acceptors (Lipinski definition) is 3. The van der Waals surface area contributed by atoms with Crippen LogP contribution in [0.15, 0.2) is 29.2 Å². The molecule has 4 heteroatoms. The van der Waals surface area contributed by atoms with Crippen LogP contribution in [-0.2, 0) is 11.3 Å². The molecule has 0 radical (unpaired) electrons. The third-order valence-electron chi connectivity index (χ3n) is 3.00. The summed E-state index contributed by atoms with van der Waals surface area (Å²) in [5.74, 6) is 0.122. The summed E-state index contributed by atoms with van der Waals surface area (Å²) in [6.07, 6.45) is 4.11. The van der Waals surface area contributed by atoms with Gasteiger partial charge in [0, 0.05) is 11.4 Å². The van der Waals surface area contributed by atoms with Gasteiger partial charge in [-0.1, -0.05) is 12.1 Å². The van der Waals surface area contributed by atoms with E-state index in [2.05, 4.69) is 41.2 Å². The second-order valence-corrected chi connectivity index (χ2v) is 5.09.